The summed E-state index contributed by atoms with van der Waals surface area (Å²) in [6, 6.07) is 5.61. The summed E-state index contributed by atoms with van der Waals surface area (Å²) in [5, 5.41) is 0. The van der Waals surface area contributed by atoms with Crippen LogP contribution in [0.25, 0.3) is 0 Å². The molecule has 0 radical (unpaired) electrons. The Morgan fingerprint density at radius 1 is 1.42 bits per heavy atom. The zero-order valence-corrected chi connectivity index (χ0v) is 10.5. The Hall–Kier alpha value is -1.95. The molecule has 0 fully saturated rings. The van der Waals surface area contributed by atoms with Crippen LogP contribution in [0.2, 0.25) is 0 Å². The number of halogens is 2. The average Bonchev–Trinajstić information content (AvgIpc) is 2.85. The Morgan fingerprint density at radius 2 is 2.21 bits per heavy atom. The molecule has 102 valence electrons. The van der Waals surface area contributed by atoms with Crippen molar-refractivity contribution >= 4 is 0 Å². The summed E-state index contributed by atoms with van der Waals surface area (Å²) in [4.78, 5) is 3.86. The number of rotatable bonds is 5. The van der Waals surface area contributed by atoms with Crippen molar-refractivity contribution in [1.29, 1.82) is 0 Å². The number of imidazole rings is 1. The molecular weight excluding hydrogens is 252 g/mol. The molecule has 1 aromatic carbocycles. The van der Waals surface area contributed by atoms with Crippen LogP contribution < -0.4 is 10.5 Å². The van der Waals surface area contributed by atoms with Crippen molar-refractivity contribution < 1.29 is 13.5 Å². The minimum Gasteiger partial charge on any atom is -0.485 e. The van der Waals surface area contributed by atoms with Crippen molar-refractivity contribution in [2.45, 2.75) is 26.6 Å². The first-order valence-corrected chi connectivity index (χ1v) is 5.84. The highest BCUT2D eigenvalue weighted by Gasteiger charge is 2.13. The quantitative estimate of drug-likeness (QED) is 0.906. The molecule has 19 heavy (non-hydrogen) atoms. The van der Waals surface area contributed by atoms with Gasteiger partial charge in [-0.2, -0.15) is 8.78 Å². The fraction of sp³-hybridized carbons (Fsp3) is 0.308. The third kappa shape index (κ3) is 2.90. The topological polar surface area (TPSA) is 53.1 Å². The normalized spacial score (nSPS) is 11.0. The van der Waals surface area contributed by atoms with Gasteiger partial charge < -0.3 is 10.5 Å². The molecule has 0 unspecified atom stereocenters. The Balaban J connectivity index is 2.17. The first kappa shape index (κ1) is 13.5. The highest BCUT2D eigenvalue weighted by atomic mass is 19.3. The van der Waals surface area contributed by atoms with Gasteiger partial charge in [-0.05, 0) is 12.5 Å². The lowest BCUT2D eigenvalue weighted by atomic mass is 10.1. The van der Waals surface area contributed by atoms with Crippen LogP contribution in [0, 0.1) is 6.92 Å². The second-order valence-electron chi connectivity index (χ2n) is 4.08. The third-order valence-corrected chi connectivity index (χ3v) is 2.82. The van der Waals surface area contributed by atoms with Gasteiger partial charge in [0.1, 0.15) is 12.4 Å². The van der Waals surface area contributed by atoms with Gasteiger partial charge in [0, 0.05) is 24.5 Å². The van der Waals surface area contributed by atoms with Crippen LogP contribution in [0.5, 0.6) is 5.75 Å². The zero-order chi connectivity index (χ0) is 13.8. The maximum Gasteiger partial charge on any atom is 0.320 e. The van der Waals surface area contributed by atoms with Gasteiger partial charge in [-0.15, -0.1) is 0 Å². The van der Waals surface area contributed by atoms with Gasteiger partial charge in [0.2, 0.25) is 0 Å². The Bertz CT molecular complexity index is 555. The standard InChI is InChI=1S/C13H15F2N3O/c1-9-3-2-4-10(7-16)12(9)19-8-11-17-5-6-18(11)13(14)15/h2-6,13H,7-8,16H2,1H3. The Morgan fingerprint density at radius 3 is 2.89 bits per heavy atom. The first-order chi connectivity index (χ1) is 9.13. The molecule has 0 saturated carbocycles. The van der Waals surface area contributed by atoms with Crippen LogP contribution in [-0.2, 0) is 13.2 Å². The molecule has 2 N–H and O–H groups in total. The average molecular weight is 267 g/mol. The number of hydrogen-bond donors (Lipinski definition) is 1. The molecular formula is C13H15F2N3O. The lowest BCUT2D eigenvalue weighted by Gasteiger charge is -2.13. The van der Waals surface area contributed by atoms with E-state index in [-0.39, 0.29) is 12.4 Å². The van der Waals surface area contributed by atoms with Gasteiger partial charge >= 0.3 is 6.55 Å². The monoisotopic (exact) mass is 267 g/mol. The van der Waals surface area contributed by atoms with Crippen LogP contribution in [0.15, 0.2) is 30.6 Å². The number of aryl methyl sites for hydroxylation is 1. The fourth-order valence-electron chi connectivity index (χ4n) is 1.85. The fourth-order valence-corrected chi connectivity index (χ4v) is 1.85. The minimum atomic E-state index is -2.62. The molecule has 0 atom stereocenters. The van der Waals surface area contributed by atoms with E-state index in [2.05, 4.69) is 4.98 Å². The highest BCUT2D eigenvalue weighted by Crippen LogP contribution is 2.24. The summed E-state index contributed by atoms with van der Waals surface area (Å²) in [6.07, 6.45) is 2.55. The van der Waals surface area contributed by atoms with E-state index in [1.165, 1.54) is 12.4 Å². The molecule has 4 nitrogen and oxygen atoms in total. The smallest absolute Gasteiger partial charge is 0.320 e. The van der Waals surface area contributed by atoms with E-state index in [0.29, 0.717) is 12.3 Å². The summed E-state index contributed by atoms with van der Waals surface area (Å²) in [7, 11) is 0. The molecule has 6 heteroatoms. The minimum absolute atomic E-state index is 0.0187. The van der Waals surface area contributed by atoms with E-state index >= 15 is 0 Å². The second kappa shape index (κ2) is 5.79. The summed E-state index contributed by atoms with van der Waals surface area (Å²) < 4.78 is 31.7. The largest absolute Gasteiger partial charge is 0.485 e. The summed E-state index contributed by atoms with van der Waals surface area (Å²) in [5.74, 6) is 0.815. The molecule has 0 aliphatic carbocycles. The number of hydrogen-bond acceptors (Lipinski definition) is 3. The predicted octanol–water partition coefficient (Wildman–Crippen LogP) is 2.62. The number of benzene rings is 1. The lowest BCUT2D eigenvalue weighted by Crippen LogP contribution is -2.09. The summed E-state index contributed by atoms with van der Waals surface area (Å²) in [6.45, 7) is -0.421. The number of aromatic nitrogens is 2. The molecule has 2 rings (SSSR count). The summed E-state index contributed by atoms with van der Waals surface area (Å²) in [5.41, 5.74) is 7.38. The molecule has 0 saturated heterocycles. The first-order valence-electron chi connectivity index (χ1n) is 5.84. The van der Waals surface area contributed by atoms with E-state index < -0.39 is 6.55 Å². The molecule has 1 heterocycles. The SMILES string of the molecule is Cc1cccc(CN)c1OCc1nccn1C(F)F. The van der Waals surface area contributed by atoms with Gasteiger partial charge in [-0.25, -0.2) is 4.98 Å². The van der Waals surface area contributed by atoms with Crippen molar-refractivity contribution in [2.75, 3.05) is 0 Å². The van der Waals surface area contributed by atoms with Gasteiger partial charge in [0.05, 0.1) is 0 Å². The third-order valence-electron chi connectivity index (χ3n) is 2.82. The number of para-hydroxylation sites is 1. The van der Waals surface area contributed by atoms with E-state index in [1.807, 2.05) is 25.1 Å². The zero-order valence-electron chi connectivity index (χ0n) is 10.5. The Kier molecular flexibility index (Phi) is 4.11. The molecule has 0 spiro atoms. The van der Waals surface area contributed by atoms with E-state index in [1.54, 1.807) is 0 Å². The second-order valence-corrected chi connectivity index (χ2v) is 4.08. The van der Waals surface area contributed by atoms with E-state index in [0.717, 1.165) is 15.7 Å². The highest BCUT2D eigenvalue weighted by molar-refractivity contribution is 5.40. The predicted molar refractivity (Wildman–Crippen MR) is 66.9 cm³/mol. The molecule has 0 bridgehead atoms. The molecule has 0 aliphatic heterocycles. The van der Waals surface area contributed by atoms with Crippen molar-refractivity contribution in [2.24, 2.45) is 5.73 Å². The van der Waals surface area contributed by atoms with Crippen LogP contribution >= 0.6 is 0 Å². The molecule has 1 aromatic heterocycles. The van der Waals surface area contributed by atoms with Crippen LogP contribution in [0.3, 0.4) is 0 Å². The van der Waals surface area contributed by atoms with Crippen LogP contribution in [0.4, 0.5) is 8.78 Å². The number of alkyl halides is 2. The van der Waals surface area contributed by atoms with Crippen molar-refractivity contribution in [3.05, 3.63) is 47.5 Å². The van der Waals surface area contributed by atoms with Crippen molar-refractivity contribution in [3.63, 3.8) is 0 Å². The van der Waals surface area contributed by atoms with E-state index in [4.69, 9.17) is 10.5 Å². The molecule has 0 aliphatic rings. The lowest BCUT2D eigenvalue weighted by molar-refractivity contribution is 0.0632. The van der Waals surface area contributed by atoms with Gasteiger partial charge in [-0.1, -0.05) is 18.2 Å². The van der Waals surface area contributed by atoms with Gasteiger partial charge in [-0.3, -0.25) is 4.57 Å². The van der Waals surface area contributed by atoms with Crippen molar-refractivity contribution in [3.8, 4) is 5.75 Å². The Labute approximate surface area is 109 Å². The van der Waals surface area contributed by atoms with Gasteiger partial charge in [0.15, 0.2) is 5.82 Å². The van der Waals surface area contributed by atoms with Crippen LogP contribution in [0.1, 0.15) is 23.5 Å². The van der Waals surface area contributed by atoms with Gasteiger partial charge in [0.25, 0.3) is 0 Å². The number of ether oxygens (including phenoxy) is 1. The van der Waals surface area contributed by atoms with E-state index in [9.17, 15) is 8.78 Å². The molecule has 2 aromatic rings. The summed E-state index contributed by atoms with van der Waals surface area (Å²) >= 11 is 0. The maximum absolute atomic E-state index is 12.7. The maximum atomic E-state index is 12.7. The van der Waals surface area contributed by atoms with Crippen molar-refractivity contribution in [1.82, 2.24) is 9.55 Å². The number of nitrogens with zero attached hydrogens (tertiary/aromatic N) is 2. The van der Waals surface area contributed by atoms with Crippen LogP contribution in [-0.4, -0.2) is 9.55 Å². The molecule has 0 amide bonds. The number of nitrogens with two attached hydrogens (primary N) is 1.